The fourth-order valence-electron chi connectivity index (χ4n) is 2.87. The summed E-state index contributed by atoms with van der Waals surface area (Å²) in [5, 5.41) is 12.6. The maximum absolute atomic E-state index is 12.6. The van der Waals surface area contributed by atoms with Gasteiger partial charge in [-0.3, -0.25) is 9.69 Å². The predicted molar refractivity (Wildman–Crippen MR) is 84.7 cm³/mol. The molecule has 1 aliphatic heterocycles. The Kier molecular flexibility index (Phi) is 3.18. The molecule has 0 fully saturated rings. The van der Waals surface area contributed by atoms with Crippen LogP contribution in [0.4, 0.5) is 5.82 Å². The minimum atomic E-state index is 0.0133. The van der Waals surface area contributed by atoms with Crippen LogP contribution in [-0.4, -0.2) is 37.0 Å². The van der Waals surface area contributed by atoms with Gasteiger partial charge in [0.15, 0.2) is 5.82 Å². The molecule has 0 atom stereocenters. The van der Waals surface area contributed by atoms with Gasteiger partial charge in [-0.05, 0) is 0 Å². The van der Waals surface area contributed by atoms with Gasteiger partial charge in [-0.1, -0.05) is 30.3 Å². The van der Waals surface area contributed by atoms with E-state index in [2.05, 4.69) is 15.3 Å². The molecule has 0 saturated carbocycles. The first-order chi connectivity index (χ1) is 11.2. The number of fused-ring (bicyclic) bond motifs is 1. The third-order valence-electron chi connectivity index (χ3n) is 4.11. The van der Waals surface area contributed by atoms with Crippen molar-refractivity contribution in [2.24, 2.45) is 7.05 Å². The molecule has 0 radical (unpaired) electrons. The number of amides is 1. The molecule has 0 spiro atoms. The first-order valence-electron chi connectivity index (χ1n) is 7.50. The van der Waals surface area contributed by atoms with Crippen LogP contribution in [-0.2, 0) is 24.8 Å². The Morgan fingerprint density at radius 2 is 1.96 bits per heavy atom. The number of nitrogens with zero attached hydrogens (tertiary/aromatic N) is 6. The summed E-state index contributed by atoms with van der Waals surface area (Å²) in [6.45, 7) is 1.40. The van der Waals surface area contributed by atoms with E-state index in [9.17, 15) is 4.79 Å². The molecule has 1 aliphatic rings. The zero-order valence-electron chi connectivity index (χ0n) is 12.8. The van der Waals surface area contributed by atoms with Gasteiger partial charge in [0, 0.05) is 25.2 Å². The van der Waals surface area contributed by atoms with Crippen LogP contribution in [0.25, 0.3) is 11.4 Å². The molecule has 3 heterocycles. The third-order valence-corrected chi connectivity index (χ3v) is 4.11. The second kappa shape index (κ2) is 5.35. The van der Waals surface area contributed by atoms with Gasteiger partial charge in [-0.25, -0.2) is 4.68 Å². The number of anilines is 1. The number of hydrogen-bond acceptors (Lipinski definition) is 4. The Morgan fingerprint density at radius 1 is 1.13 bits per heavy atom. The summed E-state index contributed by atoms with van der Waals surface area (Å²) in [6.07, 6.45) is 1.94. The molecule has 1 amide bonds. The Hall–Kier alpha value is -2.96. The lowest BCUT2D eigenvalue weighted by atomic mass is 10.2. The molecular formula is C16H16N6O. The van der Waals surface area contributed by atoms with Crippen molar-refractivity contribution in [2.75, 3.05) is 11.4 Å². The zero-order chi connectivity index (χ0) is 15.8. The average molecular weight is 308 g/mol. The summed E-state index contributed by atoms with van der Waals surface area (Å²) in [4.78, 5) is 14.3. The van der Waals surface area contributed by atoms with Gasteiger partial charge in [-0.2, -0.15) is 5.10 Å². The van der Waals surface area contributed by atoms with Crippen LogP contribution in [0, 0.1) is 0 Å². The normalized spacial score (nSPS) is 13.3. The van der Waals surface area contributed by atoms with Crippen molar-refractivity contribution in [1.82, 2.24) is 24.5 Å². The molecule has 0 unspecified atom stereocenters. The number of rotatable bonds is 3. The maximum atomic E-state index is 12.6. The van der Waals surface area contributed by atoms with Crippen LogP contribution in [0.3, 0.4) is 0 Å². The highest BCUT2D eigenvalue weighted by atomic mass is 16.2. The standard InChI is InChI=1S/C16H16N6O/c1-20-13(18-19-16(20)12-5-3-2-4-6-12)11-15(23)21-9-10-22-14(21)7-8-17-22/h2-8H,9-11H2,1H3. The van der Waals surface area contributed by atoms with Crippen molar-refractivity contribution in [3.63, 3.8) is 0 Å². The van der Waals surface area contributed by atoms with Gasteiger partial charge >= 0.3 is 0 Å². The highest BCUT2D eigenvalue weighted by Gasteiger charge is 2.26. The number of carbonyl (C=O) groups is 1. The van der Waals surface area contributed by atoms with E-state index in [0.717, 1.165) is 23.8 Å². The largest absolute Gasteiger partial charge is 0.314 e. The molecular weight excluding hydrogens is 292 g/mol. The van der Waals surface area contributed by atoms with E-state index in [1.807, 2.05) is 52.7 Å². The molecule has 0 saturated heterocycles. The summed E-state index contributed by atoms with van der Waals surface area (Å²) in [5.74, 6) is 2.28. The van der Waals surface area contributed by atoms with E-state index < -0.39 is 0 Å². The maximum Gasteiger partial charge on any atom is 0.235 e. The quantitative estimate of drug-likeness (QED) is 0.730. The summed E-state index contributed by atoms with van der Waals surface area (Å²) in [7, 11) is 1.89. The van der Waals surface area contributed by atoms with Gasteiger partial charge in [0.25, 0.3) is 0 Å². The first kappa shape index (κ1) is 13.7. The number of benzene rings is 1. The van der Waals surface area contributed by atoms with E-state index in [4.69, 9.17) is 0 Å². The van der Waals surface area contributed by atoms with Gasteiger partial charge in [0.2, 0.25) is 5.91 Å². The van der Waals surface area contributed by atoms with Gasteiger partial charge in [-0.15, -0.1) is 10.2 Å². The Morgan fingerprint density at radius 3 is 2.78 bits per heavy atom. The summed E-state index contributed by atoms with van der Waals surface area (Å²) < 4.78 is 3.71. The fraction of sp³-hybridized carbons (Fsp3) is 0.250. The molecule has 116 valence electrons. The van der Waals surface area contributed by atoms with Crippen molar-refractivity contribution >= 4 is 11.7 Å². The van der Waals surface area contributed by atoms with Crippen LogP contribution in [0.5, 0.6) is 0 Å². The zero-order valence-corrected chi connectivity index (χ0v) is 12.8. The van der Waals surface area contributed by atoms with Crippen LogP contribution < -0.4 is 4.90 Å². The van der Waals surface area contributed by atoms with E-state index in [-0.39, 0.29) is 12.3 Å². The van der Waals surface area contributed by atoms with Gasteiger partial charge < -0.3 is 4.57 Å². The van der Waals surface area contributed by atoms with Crippen molar-refractivity contribution in [3.05, 3.63) is 48.4 Å². The smallest absolute Gasteiger partial charge is 0.235 e. The van der Waals surface area contributed by atoms with Crippen LogP contribution in [0.1, 0.15) is 5.82 Å². The average Bonchev–Trinajstić information content (AvgIpc) is 3.25. The minimum Gasteiger partial charge on any atom is -0.314 e. The second-order valence-corrected chi connectivity index (χ2v) is 5.50. The van der Waals surface area contributed by atoms with Crippen molar-refractivity contribution in [3.8, 4) is 11.4 Å². The first-order valence-corrected chi connectivity index (χ1v) is 7.50. The molecule has 23 heavy (non-hydrogen) atoms. The molecule has 2 aromatic heterocycles. The molecule has 3 aromatic rings. The predicted octanol–water partition coefficient (Wildman–Crippen LogP) is 1.27. The molecule has 1 aromatic carbocycles. The Labute approximate surface area is 133 Å². The SMILES string of the molecule is Cn1c(CC(=O)N2CCn3nccc32)nnc1-c1ccccc1. The van der Waals surface area contributed by atoms with E-state index >= 15 is 0 Å². The monoisotopic (exact) mass is 308 g/mol. The van der Waals surface area contributed by atoms with Gasteiger partial charge in [0.1, 0.15) is 11.6 Å². The molecule has 4 rings (SSSR count). The minimum absolute atomic E-state index is 0.0133. The van der Waals surface area contributed by atoms with Crippen LogP contribution in [0.15, 0.2) is 42.6 Å². The lowest BCUT2D eigenvalue weighted by molar-refractivity contribution is -0.118. The second-order valence-electron chi connectivity index (χ2n) is 5.50. The van der Waals surface area contributed by atoms with E-state index in [1.54, 1.807) is 11.1 Å². The molecule has 0 aliphatic carbocycles. The van der Waals surface area contributed by atoms with E-state index in [0.29, 0.717) is 12.4 Å². The van der Waals surface area contributed by atoms with E-state index in [1.165, 1.54) is 0 Å². The number of hydrogen-bond donors (Lipinski definition) is 0. The Balaban J connectivity index is 1.56. The van der Waals surface area contributed by atoms with Gasteiger partial charge in [0.05, 0.1) is 19.2 Å². The van der Waals surface area contributed by atoms with Crippen molar-refractivity contribution in [2.45, 2.75) is 13.0 Å². The summed E-state index contributed by atoms with van der Waals surface area (Å²) in [6, 6.07) is 11.7. The third kappa shape index (κ3) is 2.30. The summed E-state index contributed by atoms with van der Waals surface area (Å²) in [5.41, 5.74) is 0.987. The lowest BCUT2D eigenvalue weighted by Gasteiger charge is -2.14. The molecule has 0 bridgehead atoms. The summed E-state index contributed by atoms with van der Waals surface area (Å²) >= 11 is 0. The topological polar surface area (TPSA) is 68.8 Å². The molecule has 7 heteroatoms. The highest BCUT2D eigenvalue weighted by molar-refractivity contribution is 5.94. The Bertz CT molecular complexity index is 851. The van der Waals surface area contributed by atoms with Crippen LogP contribution >= 0.6 is 0 Å². The molecule has 7 nitrogen and oxygen atoms in total. The number of aromatic nitrogens is 5. The van der Waals surface area contributed by atoms with Crippen molar-refractivity contribution in [1.29, 1.82) is 0 Å². The lowest BCUT2D eigenvalue weighted by Crippen LogP contribution is -2.31. The van der Waals surface area contributed by atoms with Crippen LogP contribution in [0.2, 0.25) is 0 Å². The number of carbonyl (C=O) groups excluding carboxylic acids is 1. The van der Waals surface area contributed by atoms with Crippen molar-refractivity contribution < 1.29 is 4.79 Å². The molecule has 0 N–H and O–H groups in total. The highest BCUT2D eigenvalue weighted by Crippen LogP contribution is 2.21. The fourth-order valence-corrected chi connectivity index (χ4v) is 2.87.